The van der Waals surface area contributed by atoms with Crippen LogP contribution in [-0.4, -0.2) is 35.4 Å². The molecule has 0 bridgehead atoms. The largest absolute Gasteiger partial charge is 0.317 e. The predicted octanol–water partition coefficient (Wildman–Crippen LogP) is 6.69. The van der Waals surface area contributed by atoms with Gasteiger partial charge in [-0.1, -0.05) is 54.1 Å². The zero-order valence-corrected chi connectivity index (χ0v) is 24.8. The van der Waals surface area contributed by atoms with Crippen molar-refractivity contribution < 1.29 is 8.42 Å². The second-order valence-electron chi connectivity index (χ2n) is 10.1. The highest BCUT2D eigenvalue weighted by atomic mass is 127. The first-order valence-corrected chi connectivity index (χ1v) is 15.6. The van der Waals surface area contributed by atoms with Crippen LogP contribution in [0.2, 0.25) is 0 Å². The third kappa shape index (κ3) is 4.79. The maximum Gasteiger partial charge on any atom is 0.269 e. The fourth-order valence-corrected chi connectivity index (χ4v) is 7.39. The van der Waals surface area contributed by atoms with Crippen LogP contribution in [0.25, 0.3) is 33.5 Å². The molecule has 0 spiro atoms. The van der Waals surface area contributed by atoms with Crippen LogP contribution in [0.15, 0.2) is 84.0 Å². The van der Waals surface area contributed by atoms with E-state index in [9.17, 15) is 8.42 Å². The Bertz CT molecular complexity index is 1770. The van der Waals surface area contributed by atoms with Crippen LogP contribution in [0.5, 0.6) is 0 Å². The Kier molecular flexibility index (Phi) is 7.03. The van der Waals surface area contributed by atoms with E-state index < -0.39 is 10.0 Å². The Morgan fingerprint density at radius 3 is 2.36 bits per heavy atom. The first-order valence-electron chi connectivity index (χ1n) is 13.1. The molecule has 0 aliphatic carbocycles. The predicted molar refractivity (Wildman–Crippen MR) is 164 cm³/mol. The van der Waals surface area contributed by atoms with Gasteiger partial charge in [0, 0.05) is 14.5 Å². The molecule has 3 aromatic carbocycles. The number of hydrogen-bond acceptors (Lipinski definition) is 5. The molecule has 198 valence electrons. The monoisotopic (exact) mass is 648 g/mol. The van der Waals surface area contributed by atoms with Crippen molar-refractivity contribution in [3.63, 3.8) is 0 Å². The number of piperidine rings is 1. The molecular weight excluding hydrogens is 619 g/mol. The van der Waals surface area contributed by atoms with E-state index in [4.69, 9.17) is 0 Å². The van der Waals surface area contributed by atoms with Gasteiger partial charge in [-0.3, -0.25) is 0 Å². The minimum absolute atomic E-state index is 0.226. The number of benzene rings is 3. The van der Waals surface area contributed by atoms with Gasteiger partial charge in [0.15, 0.2) is 5.65 Å². The summed E-state index contributed by atoms with van der Waals surface area (Å²) in [5.74, 6) is 0.517. The molecule has 2 aromatic heterocycles. The quantitative estimate of drug-likeness (QED) is 0.215. The van der Waals surface area contributed by atoms with Gasteiger partial charge in [0.1, 0.15) is 6.33 Å². The van der Waals surface area contributed by atoms with E-state index in [-0.39, 0.29) is 4.90 Å². The molecule has 1 aliphatic rings. The molecule has 0 amide bonds. The highest BCUT2D eigenvalue weighted by molar-refractivity contribution is 14.1. The Labute approximate surface area is 242 Å². The number of hydrogen-bond donors (Lipinski definition) is 1. The highest BCUT2D eigenvalue weighted by Gasteiger charge is 2.27. The number of nitrogens with one attached hydrogen (secondary N) is 1. The fraction of sp³-hybridized carbons (Fsp3) is 0.226. The van der Waals surface area contributed by atoms with Gasteiger partial charge in [0.25, 0.3) is 10.0 Å². The SMILES string of the molecule is Cc1ccc(S(=O)(=O)n2c(-c3ccc(C4CCNCC4)cc3)cc3c(-c4cccc(I)c4C)ncnc32)cc1. The summed E-state index contributed by atoms with van der Waals surface area (Å²) in [5.41, 5.74) is 6.85. The number of rotatable bonds is 5. The van der Waals surface area contributed by atoms with E-state index >= 15 is 0 Å². The highest BCUT2D eigenvalue weighted by Crippen LogP contribution is 2.37. The summed E-state index contributed by atoms with van der Waals surface area (Å²) in [7, 11) is -3.95. The lowest BCUT2D eigenvalue weighted by molar-refractivity contribution is 0.460. The van der Waals surface area contributed by atoms with Gasteiger partial charge in [-0.2, -0.15) is 0 Å². The van der Waals surface area contributed by atoms with Gasteiger partial charge in [-0.15, -0.1) is 0 Å². The zero-order valence-electron chi connectivity index (χ0n) is 21.9. The summed E-state index contributed by atoms with van der Waals surface area (Å²) >= 11 is 2.32. The van der Waals surface area contributed by atoms with Crippen LogP contribution in [-0.2, 0) is 10.0 Å². The average Bonchev–Trinajstić information content (AvgIpc) is 3.36. The van der Waals surface area contributed by atoms with Crippen LogP contribution in [0.1, 0.15) is 35.4 Å². The number of nitrogens with zero attached hydrogens (tertiary/aromatic N) is 3. The number of aromatic nitrogens is 3. The molecule has 0 atom stereocenters. The number of aryl methyl sites for hydroxylation is 1. The van der Waals surface area contributed by atoms with Gasteiger partial charge >= 0.3 is 0 Å². The van der Waals surface area contributed by atoms with Crippen molar-refractivity contribution in [2.75, 3.05) is 13.1 Å². The fourth-order valence-electron chi connectivity index (χ4n) is 5.41. The molecule has 0 radical (unpaired) electrons. The first kappa shape index (κ1) is 26.2. The van der Waals surface area contributed by atoms with E-state index in [1.807, 2.05) is 49.4 Å². The molecule has 1 N–H and O–H groups in total. The van der Waals surface area contributed by atoms with Gasteiger partial charge in [0.2, 0.25) is 0 Å². The molecule has 1 aliphatic heterocycles. The number of fused-ring (bicyclic) bond motifs is 1. The Hall–Kier alpha value is -3.08. The Morgan fingerprint density at radius 2 is 1.64 bits per heavy atom. The van der Waals surface area contributed by atoms with Crippen molar-refractivity contribution in [2.24, 2.45) is 0 Å². The van der Waals surface area contributed by atoms with Crippen molar-refractivity contribution in [1.82, 2.24) is 19.3 Å². The summed E-state index contributed by atoms with van der Waals surface area (Å²) in [6.07, 6.45) is 3.67. The normalized spacial score (nSPS) is 14.6. The van der Waals surface area contributed by atoms with Crippen LogP contribution >= 0.6 is 22.6 Å². The maximum absolute atomic E-state index is 14.2. The van der Waals surface area contributed by atoms with E-state index in [0.29, 0.717) is 22.6 Å². The van der Waals surface area contributed by atoms with E-state index in [1.165, 1.54) is 15.9 Å². The molecule has 1 saturated heterocycles. The summed E-state index contributed by atoms with van der Waals surface area (Å²) in [6, 6.07) is 23.3. The number of halogens is 1. The lowest BCUT2D eigenvalue weighted by Gasteiger charge is -2.23. The lowest BCUT2D eigenvalue weighted by Crippen LogP contribution is -2.26. The van der Waals surface area contributed by atoms with Crippen LogP contribution in [0.3, 0.4) is 0 Å². The van der Waals surface area contributed by atoms with Gasteiger partial charge < -0.3 is 5.32 Å². The minimum atomic E-state index is -3.95. The summed E-state index contributed by atoms with van der Waals surface area (Å²) < 4.78 is 30.9. The molecule has 6 nitrogen and oxygen atoms in total. The third-order valence-electron chi connectivity index (χ3n) is 7.65. The van der Waals surface area contributed by atoms with Crippen molar-refractivity contribution in [1.29, 1.82) is 0 Å². The van der Waals surface area contributed by atoms with Crippen molar-refractivity contribution in [2.45, 2.75) is 37.5 Å². The topological polar surface area (TPSA) is 76.9 Å². The van der Waals surface area contributed by atoms with Crippen LogP contribution < -0.4 is 5.32 Å². The standard InChI is InChI=1S/C31H29IN4O2S/c1-20-6-12-25(13-7-20)39(37,38)36-29(24-10-8-22(9-11-24)23-14-16-33-17-15-23)18-27-30(34-19-35-31(27)36)26-4-3-5-28(32)21(26)2/h3-13,18-19,23,33H,14-17H2,1-2H3. The van der Waals surface area contributed by atoms with E-state index in [2.05, 4.69) is 63.0 Å². The minimum Gasteiger partial charge on any atom is -0.317 e. The molecule has 8 heteroatoms. The summed E-state index contributed by atoms with van der Waals surface area (Å²) in [6.45, 7) is 6.05. The molecule has 3 heterocycles. The van der Waals surface area contributed by atoms with Crippen molar-refractivity contribution in [3.8, 4) is 22.5 Å². The third-order valence-corrected chi connectivity index (χ3v) is 10.5. The molecule has 39 heavy (non-hydrogen) atoms. The molecule has 0 unspecified atom stereocenters. The van der Waals surface area contributed by atoms with Gasteiger partial charge in [0.05, 0.1) is 16.3 Å². The van der Waals surface area contributed by atoms with Gasteiger partial charge in [-0.25, -0.2) is 22.4 Å². The molecule has 0 saturated carbocycles. The smallest absolute Gasteiger partial charge is 0.269 e. The Morgan fingerprint density at radius 1 is 0.923 bits per heavy atom. The molecule has 6 rings (SSSR count). The summed E-state index contributed by atoms with van der Waals surface area (Å²) in [4.78, 5) is 9.40. The van der Waals surface area contributed by atoms with Crippen molar-refractivity contribution in [3.05, 3.63) is 99.4 Å². The first-order chi connectivity index (χ1) is 18.8. The molecule has 1 fully saturated rings. The van der Waals surface area contributed by atoms with Gasteiger partial charge in [-0.05, 0) is 109 Å². The average molecular weight is 649 g/mol. The molecule has 5 aromatic rings. The Balaban J connectivity index is 1.58. The molecular formula is C31H29IN4O2S. The summed E-state index contributed by atoms with van der Waals surface area (Å²) in [5, 5.41) is 4.13. The maximum atomic E-state index is 14.2. The van der Waals surface area contributed by atoms with Crippen LogP contribution in [0.4, 0.5) is 0 Å². The van der Waals surface area contributed by atoms with Crippen LogP contribution in [0, 0.1) is 17.4 Å². The van der Waals surface area contributed by atoms with Crippen molar-refractivity contribution >= 4 is 43.6 Å². The van der Waals surface area contributed by atoms with E-state index in [1.54, 1.807) is 12.1 Å². The second kappa shape index (κ2) is 10.5. The second-order valence-corrected chi connectivity index (χ2v) is 13.1. The lowest BCUT2D eigenvalue weighted by atomic mass is 9.89. The van der Waals surface area contributed by atoms with E-state index in [0.717, 1.165) is 57.4 Å². The zero-order chi connectivity index (χ0) is 27.1.